The molecular weight excluding hydrogens is 312 g/mol. The van der Waals surface area contributed by atoms with Gasteiger partial charge in [0.25, 0.3) is 0 Å². The minimum atomic E-state index is -0.341. The first-order chi connectivity index (χ1) is 10.3. The van der Waals surface area contributed by atoms with Crippen molar-refractivity contribution in [3.63, 3.8) is 0 Å². The van der Waals surface area contributed by atoms with Crippen LogP contribution < -0.4 is 15.8 Å². The Hall–Kier alpha value is -1.26. The van der Waals surface area contributed by atoms with Gasteiger partial charge in [-0.2, -0.15) is 0 Å². The third-order valence-electron chi connectivity index (χ3n) is 4.42. The Morgan fingerprint density at radius 3 is 2.48 bits per heavy atom. The second-order valence-corrected chi connectivity index (χ2v) is 6.52. The number of rotatable bonds is 8. The van der Waals surface area contributed by atoms with Gasteiger partial charge in [0.05, 0.1) is 12.1 Å². The van der Waals surface area contributed by atoms with Crippen LogP contribution in [0, 0.1) is 19.8 Å². The number of hydrogen-bond donors (Lipinski definition) is 2. The molecule has 3 N–H and O–H groups in total. The predicted molar refractivity (Wildman–Crippen MR) is 98.3 cm³/mol. The van der Waals surface area contributed by atoms with E-state index in [9.17, 15) is 4.79 Å². The summed E-state index contributed by atoms with van der Waals surface area (Å²) in [5.74, 6) is 1.19. The smallest absolute Gasteiger partial charge is 0.220 e. The van der Waals surface area contributed by atoms with Crippen LogP contribution in [0.2, 0.25) is 0 Å². The van der Waals surface area contributed by atoms with Gasteiger partial charge in [-0.05, 0) is 56.4 Å². The van der Waals surface area contributed by atoms with Crippen molar-refractivity contribution in [2.45, 2.75) is 53.0 Å². The van der Waals surface area contributed by atoms with Crippen molar-refractivity contribution in [2.75, 3.05) is 13.2 Å². The predicted octanol–water partition coefficient (Wildman–Crippen LogP) is 3.37. The number of nitrogens with one attached hydrogen (secondary N) is 1. The van der Waals surface area contributed by atoms with Crippen molar-refractivity contribution in [2.24, 2.45) is 11.7 Å². The largest absolute Gasteiger partial charge is 0.494 e. The molecule has 1 amide bonds. The van der Waals surface area contributed by atoms with Crippen LogP contribution >= 0.6 is 12.4 Å². The van der Waals surface area contributed by atoms with Crippen LogP contribution in [0.3, 0.4) is 0 Å². The van der Waals surface area contributed by atoms with E-state index < -0.39 is 0 Å². The number of ether oxygens (including phenoxy) is 1. The molecule has 0 aliphatic carbocycles. The van der Waals surface area contributed by atoms with Gasteiger partial charge in [0, 0.05) is 13.0 Å². The van der Waals surface area contributed by atoms with Gasteiger partial charge in [-0.3, -0.25) is 4.79 Å². The van der Waals surface area contributed by atoms with E-state index in [0.29, 0.717) is 31.9 Å². The molecule has 0 spiro atoms. The SMILES string of the molecule is Cc1ccc(OCCCC(=O)NC(C)(CN)C(C)C)cc1C.Cl. The zero-order valence-electron chi connectivity index (χ0n) is 14.9. The molecule has 1 aromatic rings. The highest BCUT2D eigenvalue weighted by Gasteiger charge is 2.28. The van der Waals surface area contributed by atoms with Gasteiger partial charge in [0.1, 0.15) is 5.75 Å². The van der Waals surface area contributed by atoms with Crippen LogP contribution in [-0.4, -0.2) is 24.6 Å². The summed E-state index contributed by atoms with van der Waals surface area (Å²) in [5.41, 5.74) is 7.90. The molecular formula is C18H31ClN2O2. The first-order valence-corrected chi connectivity index (χ1v) is 7.99. The summed E-state index contributed by atoms with van der Waals surface area (Å²) < 4.78 is 5.69. The molecule has 5 heteroatoms. The lowest BCUT2D eigenvalue weighted by molar-refractivity contribution is -0.123. The van der Waals surface area contributed by atoms with E-state index in [4.69, 9.17) is 10.5 Å². The monoisotopic (exact) mass is 342 g/mol. The number of aryl methyl sites for hydroxylation is 2. The molecule has 132 valence electrons. The number of benzene rings is 1. The molecule has 0 heterocycles. The van der Waals surface area contributed by atoms with Crippen molar-refractivity contribution in [1.29, 1.82) is 0 Å². The van der Waals surface area contributed by atoms with Crippen LogP contribution in [-0.2, 0) is 4.79 Å². The summed E-state index contributed by atoms with van der Waals surface area (Å²) in [5, 5.41) is 3.04. The highest BCUT2D eigenvalue weighted by molar-refractivity contribution is 5.85. The second kappa shape index (κ2) is 9.78. The lowest BCUT2D eigenvalue weighted by atomic mass is 9.88. The van der Waals surface area contributed by atoms with Gasteiger partial charge < -0.3 is 15.8 Å². The summed E-state index contributed by atoms with van der Waals surface area (Å²) in [6.07, 6.45) is 1.14. The highest BCUT2D eigenvalue weighted by atomic mass is 35.5. The van der Waals surface area contributed by atoms with E-state index >= 15 is 0 Å². The number of carbonyl (C=O) groups excluding carboxylic acids is 1. The number of amides is 1. The Kier molecular flexibility index (Phi) is 9.25. The lowest BCUT2D eigenvalue weighted by Gasteiger charge is -2.33. The van der Waals surface area contributed by atoms with Gasteiger partial charge in [0.15, 0.2) is 0 Å². The average Bonchev–Trinajstić information content (AvgIpc) is 2.46. The molecule has 23 heavy (non-hydrogen) atoms. The number of hydrogen-bond acceptors (Lipinski definition) is 3. The van der Waals surface area contributed by atoms with E-state index in [2.05, 4.69) is 33.0 Å². The van der Waals surface area contributed by atoms with E-state index in [-0.39, 0.29) is 23.9 Å². The maximum atomic E-state index is 12.0. The Balaban J connectivity index is 0.00000484. The van der Waals surface area contributed by atoms with Crippen LogP contribution in [0.5, 0.6) is 5.75 Å². The molecule has 0 bridgehead atoms. The summed E-state index contributed by atoms with van der Waals surface area (Å²) in [6, 6.07) is 6.04. The zero-order valence-corrected chi connectivity index (χ0v) is 15.8. The molecule has 1 atom stereocenters. The molecule has 0 radical (unpaired) electrons. The third-order valence-corrected chi connectivity index (χ3v) is 4.42. The van der Waals surface area contributed by atoms with Gasteiger partial charge >= 0.3 is 0 Å². The Morgan fingerprint density at radius 2 is 1.96 bits per heavy atom. The lowest BCUT2D eigenvalue weighted by Crippen LogP contribution is -2.55. The van der Waals surface area contributed by atoms with Gasteiger partial charge in [-0.1, -0.05) is 19.9 Å². The molecule has 1 unspecified atom stereocenters. The number of carbonyl (C=O) groups is 1. The first kappa shape index (κ1) is 21.7. The number of nitrogens with two attached hydrogens (primary N) is 1. The van der Waals surface area contributed by atoms with E-state index in [1.54, 1.807) is 0 Å². The molecule has 0 aliphatic heterocycles. The van der Waals surface area contributed by atoms with Gasteiger partial charge in [-0.25, -0.2) is 0 Å². The van der Waals surface area contributed by atoms with Crippen LogP contribution in [0.4, 0.5) is 0 Å². The molecule has 0 fully saturated rings. The van der Waals surface area contributed by atoms with Crippen molar-refractivity contribution in [3.05, 3.63) is 29.3 Å². The standard InChI is InChI=1S/C18H30N2O2.ClH/c1-13(2)18(5,12-19)20-17(21)7-6-10-22-16-9-8-14(3)15(4)11-16;/h8-9,11,13H,6-7,10,12,19H2,1-5H3,(H,20,21);1H. The summed E-state index contributed by atoms with van der Waals surface area (Å²) in [4.78, 5) is 12.0. The maximum absolute atomic E-state index is 12.0. The number of halogens is 1. The molecule has 4 nitrogen and oxygen atoms in total. The molecule has 1 rings (SSSR count). The van der Waals surface area contributed by atoms with Crippen molar-refractivity contribution >= 4 is 18.3 Å². The highest BCUT2D eigenvalue weighted by Crippen LogP contribution is 2.17. The molecule has 0 aromatic heterocycles. The minimum Gasteiger partial charge on any atom is -0.494 e. The van der Waals surface area contributed by atoms with E-state index in [0.717, 1.165) is 5.75 Å². The van der Waals surface area contributed by atoms with Gasteiger partial charge in [0.2, 0.25) is 5.91 Å². The normalized spacial score (nSPS) is 13.2. The summed E-state index contributed by atoms with van der Waals surface area (Å²) in [6.45, 7) is 11.2. The maximum Gasteiger partial charge on any atom is 0.220 e. The van der Waals surface area contributed by atoms with Crippen molar-refractivity contribution < 1.29 is 9.53 Å². The zero-order chi connectivity index (χ0) is 16.8. The fourth-order valence-electron chi connectivity index (χ4n) is 2.04. The Labute approximate surface area is 146 Å². The van der Waals surface area contributed by atoms with Crippen molar-refractivity contribution in [3.8, 4) is 5.75 Å². The van der Waals surface area contributed by atoms with Crippen LogP contribution in [0.25, 0.3) is 0 Å². The van der Waals surface area contributed by atoms with Crippen LogP contribution in [0.1, 0.15) is 44.7 Å². The third kappa shape index (κ3) is 6.80. The second-order valence-electron chi connectivity index (χ2n) is 6.52. The summed E-state index contributed by atoms with van der Waals surface area (Å²) in [7, 11) is 0. The van der Waals surface area contributed by atoms with Crippen molar-refractivity contribution in [1.82, 2.24) is 5.32 Å². The average molecular weight is 343 g/mol. The Morgan fingerprint density at radius 1 is 1.30 bits per heavy atom. The molecule has 0 saturated carbocycles. The van der Waals surface area contributed by atoms with Crippen LogP contribution in [0.15, 0.2) is 18.2 Å². The molecule has 0 aliphatic rings. The molecule has 0 saturated heterocycles. The fourth-order valence-corrected chi connectivity index (χ4v) is 2.04. The molecule has 1 aromatic carbocycles. The van der Waals surface area contributed by atoms with E-state index in [1.165, 1.54) is 11.1 Å². The topological polar surface area (TPSA) is 64.3 Å². The quantitative estimate of drug-likeness (QED) is 0.712. The van der Waals surface area contributed by atoms with E-state index in [1.807, 2.05) is 25.1 Å². The fraction of sp³-hybridized carbons (Fsp3) is 0.611. The van der Waals surface area contributed by atoms with Gasteiger partial charge in [-0.15, -0.1) is 12.4 Å². The first-order valence-electron chi connectivity index (χ1n) is 7.99. The summed E-state index contributed by atoms with van der Waals surface area (Å²) >= 11 is 0. The minimum absolute atomic E-state index is 0. The Bertz CT molecular complexity index is 506.